The maximum Gasteiger partial charge on any atom is 0.231 e. The number of anilines is 10. The number of rotatable bonds is 5. The van der Waals surface area contributed by atoms with Crippen LogP contribution in [-0.4, -0.2) is 29.0 Å². The normalized spacial score (nSPS) is 13.1. The first-order chi connectivity index (χ1) is 31.1. The molecule has 63 heavy (non-hydrogen) atoms. The van der Waals surface area contributed by atoms with Crippen molar-refractivity contribution >= 4 is 90.2 Å². The van der Waals surface area contributed by atoms with Crippen molar-refractivity contribution in [1.82, 2.24) is 15.0 Å². The van der Waals surface area contributed by atoms with Gasteiger partial charge < -0.3 is 32.9 Å². The number of fused-ring (bicyclic) bond motifs is 7. The van der Waals surface area contributed by atoms with Crippen LogP contribution < -0.4 is 19.6 Å². The summed E-state index contributed by atoms with van der Waals surface area (Å²) in [7, 11) is 4.22. The van der Waals surface area contributed by atoms with Crippen LogP contribution in [0.2, 0.25) is 0 Å². The molecule has 0 aliphatic carbocycles. The van der Waals surface area contributed by atoms with Gasteiger partial charge in [-0.25, -0.2) is 15.0 Å². The fraction of sp³-hybridized carbons (Fsp3) is 0.0377. The van der Waals surface area contributed by atoms with E-state index in [1.165, 1.54) is 0 Å². The van der Waals surface area contributed by atoms with E-state index < -0.39 is 0 Å². The van der Waals surface area contributed by atoms with Crippen LogP contribution in [0.15, 0.2) is 189 Å². The minimum atomic E-state index is 0.402. The Labute approximate surface area is 361 Å². The first kappa shape index (κ1) is 35.2. The highest BCUT2D eigenvalue weighted by atomic mass is 16.4. The Morgan fingerprint density at radius 1 is 0.333 bits per heavy atom. The van der Waals surface area contributed by atoms with Gasteiger partial charge in [-0.1, -0.05) is 84.9 Å². The zero-order chi connectivity index (χ0) is 41.8. The van der Waals surface area contributed by atoms with Gasteiger partial charge in [-0.05, 0) is 91.0 Å². The lowest BCUT2D eigenvalue weighted by Crippen LogP contribution is -2.27. The second-order valence-electron chi connectivity index (χ2n) is 15.7. The lowest BCUT2D eigenvalue weighted by Gasteiger charge is -2.42. The number of nitrogens with zero attached hydrogens (tertiary/aromatic N) is 7. The average Bonchev–Trinajstić information content (AvgIpc) is 4.09. The molecule has 8 aromatic carbocycles. The van der Waals surface area contributed by atoms with Gasteiger partial charge in [0, 0.05) is 14.1 Å². The quantitative estimate of drug-likeness (QED) is 0.167. The van der Waals surface area contributed by atoms with Crippen LogP contribution in [-0.2, 0) is 0 Å². The average molecular weight is 818 g/mol. The Balaban J connectivity index is 1.28. The standard InChI is InChI=1S/C53H35N7O3/c1-57-37-20-6-10-24-41(37)59(42-25-11-7-21-38(42)57)49-32(51-54-34-17-3-14-28-45(34)61-51)31-33(52-55-35-18-4-15-29-46(35)62-52)50(48(49)53-56-36-19-5-16-30-47(36)63-53)60-43-26-12-8-22-39(43)58(2)40-23-9-13-27-44(40)60/h3-31H,1-2H3. The Morgan fingerprint density at radius 2 is 0.619 bits per heavy atom. The highest BCUT2D eigenvalue weighted by molar-refractivity contribution is 6.13. The predicted octanol–water partition coefficient (Wildman–Crippen LogP) is 14.2. The molecule has 0 unspecified atom stereocenters. The summed E-state index contributed by atoms with van der Waals surface area (Å²) in [6.07, 6.45) is 0. The Hall–Kier alpha value is -8.63. The summed E-state index contributed by atoms with van der Waals surface area (Å²) < 4.78 is 20.7. The molecule has 0 N–H and O–H groups in total. The molecule has 0 saturated heterocycles. The second-order valence-corrected chi connectivity index (χ2v) is 15.7. The predicted molar refractivity (Wildman–Crippen MR) is 251 cm³/mol. The second kappa shape index (κ2) is 13.4. The van der Waals surface area contributed by atoms with Crippen LogP contribution in [0.4, 0.5) is 56.9 Å². The van der Waals surface area contributed by atoms with Gasteiger partial charge in [0.05, 0.1) is 73.6 Å². The minimum Gasteiger partial charge on any atom is -0.436 e. The van der Waals surface area contributed by atoms with Crippen molar-refractivity contribution in [3.63, 3.8) is 0 Å². The molecule has 300 valence electrons. The summed E-state index contributed by atoms with van der Waals surface area (Å²) in [5.74, 6) is 1.24. The number of oxazole rings is 3. The van der Waals surface area contributed by atoms with E-state index in [-0.39, 0.29) is 0 Å². The van der Waals surface area contributed by atoms with E-state index in [2.05, 4.69) is 137 Å². The zero-order valence-corrected chi connectivity index (χ0v) is 34.1. The van der Waals surface area contributed by atoms with E-state index in [0.717, 1.165) is 73.4 Å². The number of hydrogen-bond donors (Lipinski definition) is 0. The number of benzene rings is 8. The van der Waals surface area contributed by atoms with Crippen molar-refractivity contribution in [3.05, 3.63) is 176 Å². The van der Waals surface area contributed by atoms with Gasteiger partial charge in [0.15, 0.2) is 16.7 Å². The maximum absolute atomic E-state index is 7.02. The van der Waals surface area contributed by atoms with E-state index in [1.807, 2.05) is 72.8 Å². The van der Waals surface area contributed by atoms with Crippen LogP contribution in [0.3, 0.4) is 0 Å². The molecule has 0 saturated carbocycles. The van der Waals surface area contributed by atoms with E-state index in [1.54, 1.807) is 0 Å². The molecule has 0 atom stereocenters. The van der Waals surface area contributed by atoms with Crippen molar-refractivity contribution in [2.45, 2.75) is 0 Å². The molecule has 0 radical (unpaired) electrons. The van der Waals surface area contributed by atoms with Crippen LogP contribution in [0.25, 0.3) is 67.7 Å². The molecule has 0 spiro atoms. The third-order valence-electron chi connectivity index (χ3n) is 12.2. The Bertz CT molecular complexity index is 3230. The summed E-state index contributed by atoms with van der Waals surface area (Å²) in [6, 6.07) is 59.5. The summed E-state index contributed by atoms with van der Waals surface area (Å²) in [6.45, 7) is 0. The Kier molecular flexibility index (Phi) is 7.50. The van der Waals surface area contributed by atoms with Gasteiger partial charge in [0.1, 0.15) is 16.6 Å². The first-order valence-electron chi connectivity index (χ1n) is 20.8. The van der Waals surface area contributed by atoms with E-state index in [4.69, 9.17) is 28.2 Å². The van der Waals surface area contributed by atoms with E-state index in [9.17, 15) is 0 Å². The number of hydrogen-bond acceptors (Lipinski definition) is 10. The van der Waals surface area contributed by atoms with Crippen LogP contribution in [0, 0.1) is 0 Å². The van der Waals surface area contributed by atoms with Crippen molar-refractivity contribution in [2.24, 2.45) is 0 Å². The van der Waals surface area contributed by atoms with E-state index in [0.29, 0.717) is 51.1 Å². The lowest BCUT2D eigenvalue weighted by molar-refractivity contribution is 0.615. The minimum absolute atomic E-state index is 0.402. The van der Waals surface area contributed by atoms with Crippen molar-refractivity contribution in [3.8, 4) is 34.4 Å². The fourth-order valence-corrected chi connectivity index (χ4v) is 9.36. The third-order valence-corrected chi connectivity index (χ3v) is 12.2. The summed E-state index contributed by atoms with van der Waals surface area (Å²) in [5, 5.41) is 0. The lowest BCUT2D eigenvalue weighted by atomic mass is 9.93. The molecule has 5 heterocycles. The highest BCUT2D eigenvalue weighted by Crippen LogP contribution is 2.62. The van der Waals surface area contributed by atoms with Crippen molar-refractivity contribution < 1.29 is 13.3 Å². The molecule has 0 fully saturated rings. The largest absolute Gasteiger partial charge is 0.436 e. The smallest absolute Gasteiger partial charge is 0.231 e. The molecule has 2 aliphatic rings. The molecular formula is C53H35N7O3. The van der Waals surface area contributed by atoms with E-state index >= 15 is 0 Å². The SMILES string of the molecule is CN1c2ccccc2N(c2c(-c3nc4ccccc4o3)cc(-c3nc4ccccc4o3)c(N3c4ccccc4N(C)c4ccccc43)c2-c2nc3ccccc3o2)c2ccccc21. The Morgan fingerprint density at radius 3 is 0.968 bits per heavy atom. The van der Waals surface area contributed by atoms with Crippen LogP contribution in [0.5, 0.6) is 0 Å². The summed E-state index contributed by atoms with van der Waals surface area (Å²) >= 11 is 0. The molecule has 0 bridgehead atoms. The van der Waals surface area contributed by atoms with Gasteiger partial charge in [-0.15, -0.1) is 0 Å². The van der Waals surface area contributed by atoms with Crippen LogP contribution in [0.1, 0.15) is 0 Å². The topological polar surface area (TPSA) is 91.1 Å². The molecule has 11 aromatic rings. The van der Waals surface area contributed by atoms with Gasteiger partial charge in [-0.2, -0.15) is 0 Å². The highest BCUT2D eigenvalue weighted by Gasteiger charge is 2.40. The van der Waals surface area contributed by atoms with Gasteiger partial charge in [0.25, 0.3) is 0 Å². The molecule has 10 heteroatoms. The van der Waals surface area contributed by atoms with Gasteiger partial charge in [-0.3, -0.25) is 0 Å². The fourth-order valence-electron chi connectivity index (χ4n) is 9.36. The molecule has 13 rings (SSSR count). The third kappa shape index (κ3) is 5.21. The summed E-state index contributed by atoms with van der Waals surface area (Å²) in [4.78, 5) is 24.9. The summed E-state index contributed by atoms with van der Waals surface area (Å²) in [5.41, 5.74) is 15.6. The molecule has 10 nitrogen and oxygen atoms in total. The molecule has 3 aromatic heterocycles. The first-order valence-corrected chi connectivity index (χ1v) is 20.8. The molecule has 0 amide bonds. The van der Waals surface area contributed by atoms with Crippen molar-refractivity contribution in [2.75, 3.05) is 33.7 Å². The monoisotopic (exact) mass is 817 g/mol. The molecular weight excluding hydrogens is 783 g/mol. The van der Waals surface area contributed by atoms with Gasteiger partial charge in [0.2, 0.25) is 17.7 Å². The molecule has 2 aliphatic heterocycles. The van der Waals surface area contributed by atoms with Gasteiger partial charge >= 0.3 is 0 Å². The zero-order valence-electron chi connectivity index (χ0n) is 34.1. The number of para-hydroxylation sites is 14. The number of aromatic nitrogens is 3. The maximum atomic E-state index is 7.02. The van der Waals surface area contributed by atoms with Crippen molar-refractivity contribution in [1.29, 1.82) is 0 Å². The van der Waals surface area contributed by atoms with Crippen LogP contribution >= 0.6 is 0 Å².